The maximum Gasteiger partial charge on any atom is 0.414 e. The minimum atomic E-state index is -0.837. The Balaban J connectivity index is 1.76. The number of nitrogens with zero attached hydrogens (tertiary/aromatic N) is 3. The maximum absolute atomic E-state index is 14.6. The molecule has 3 amide bonds. The number of amides is 3. The molecule has 0 radical (unpaired) electrons. The number of hydrogen-bond donors (Lipinski definition) is 3. The monoisotopic (exact) mass is 389 g/mol. The zero-order chi connectivity index (χ0) is 20.3. The number of anilines is 1. The van der Waals surface area contributed by atoms with Gasteiger partial charge in [0.25, 0.3) is 5.91 Å². The van der Waals surface area contributed by atoms with Crippen molar-refractivity contribution in [1.29, 1.82) is 0 Å². The van der Waals surface area contributed by atoms with Crippen molar-refractivity contribution in [3.63, 3.8) is 0 Å². The lowest BCUT2D eigenvalue weighted by atomic mass is 10.1. The van der Waals surface area contributed by atoms with Gasteiger partial charge in [-0.15, -0.1) is 10.2 Å². The van der Waals surface area contributed by atoms with Gasteiger partial charge in [0.05, 0.1) is 24.5 Å². The summed E-state index contributed by atoms with van der Waals surface area (Å²) in [6.07, 6.45) is -1.17. The van der Waals surface area contributed by atoms with E-state index in [-0.39, 0.29) is 35.9 Å². The third kappa shape index (κ3) is 4.04. The van der Waals surface area contributed by atoms with Gasteiger partial charge in [-0.05, 0) is 30.3 Å². The molecule has 2 heterocycles. The van der Waals surface area contributed by atoms with E-state index in [0.717, 1.165) is 6.07 Å². The lowest BCUT2D eigenvalue weighted by Gasteiger charge is -2.14. The number of benzene rings is 1. The van der Waals surface area contributed by atoms with Gasteiger partial charge in [-0.25, -0.2) is 14.7 Å². The first-order valence-corrected chi connectivity index (χ1v) is 8.19. The van der Waals surface area contributed by atoms with Crippen molar-refractivity contribution in [2.75, 3.05) is 18.0 Å². The van der Waals surface area contributed by atoms with Crippen molar-refractivity contribution in [1.82, 2.24) is 21.0 Å². The van der Waals surface area contributed by atoms with Crippen LogP contribution in [0.1, 0.15) is 17.4 Å². The molecule has 28 heavy (non-hydrogen) atoms. The molecule has 1 saturated heterocycles. The van der Waals surface area contributed by atoms with Crippen LogP contribution >= 0.6 is 0 Å². The van der Waals surface area contributed by atoms with Crippen molar-refractivity contribution < 1.29 is 28.7 Å². The van der Waals surface area contributed by atoms with E-state index in [9.17, 15) is 18.8 Å². The molecule has 1 aromatic carbocycles. The fourth-order valence-electron chi connectivity index (χ4n) is 2.63. The van der Waals surface area contributed by atoms with E-state index in [1.165, 1.54) is 41.6 Å². The summed E-state index contributed by atoms with van der Waals surface area (Å²) in [6, 6.07) is 6.77. The first kappa shape index (κ1) is 19.2. The number of halogens is 1. The summed E-state index contributed by atoms with van der Waals surface area (Å²) in [6.45, 7) is 1.69. The molecular formula is C17H16FN5O5. The van der Waals surface area contributed by atoms with E-state index in [1.807, 2.05) is 0 Å². The van der Waals surface area contributed by atoms with Crippen LogP contribution in [0.25, 0.3) is 11.3 Å². The van der Waals surface area contributed by atoms with E-state index in [0.29, 0.717) is 5.69 Å². The second-order valence-electron chi connectivity index (χ2n) is 5.96. The summed E-state index contributed by atoms with van der Waals surface area (Å²) in [4.78, 5) is 35.5. The summed E-state index contributed by atoms with van der Waals surface area (Å²) < 4.78 is 19.7. The molecule has 1 aliphatic heterocycles. The predicted octanol–water partition coefficient (Wildman–Crippen LogP) is 0.863. The summed E-state index contributed by atoms with van der Waals surface area (Å²) in [7, 11) is 0. The van der Waals surface area contributed by atoms with E-state index in [1.54, 1.807) is 0 Å². The Hall–Kier alpha value is -3.60. The maximum atomic E-state index is 14.6. The van der Waals surface area contributed by atoms with Crippen LogP contribution in [0.3, 0.4) is 0 Å². The van der Waals surface area contributed by atoms with Gasteiger partial charge in [0.2, 0.25) is 5.91 Å². The van der Waals surface area contributed by atoms with E-state index in [2.05, 4.69) is 15.5 Å². The average molecular weight is 389 g/mol. The van der Waals surface area contributed by atoms with Gasteiger partial charge in [-0.1, -0.05) is 0 Å². The Kier molecular flexibility index (Phi) is 5.45. The number of cyclic esters (lactones) is 1. The van der Waals surface area contributed by atoms with Gasteiger partial charge in [0, 0.05) is 12.5 Å². The lowest BCUT2D eigenvalue weighted by Crippen LogP contribution is -2.33. The number of hydrogen-bond acceptors (Lipinski definition) is 7. The minimum absolute atomic E-state index is 0.120. The van der Waals surface area contributed by atoms with Gasteiger partial charge in [-0.2, -0.15) is 0 Å². The van der Waals surface area contributed by atoms with Gasteiger partial charge < -0.3 is 10.1 Å². The molecular weight excluding hydrogens is 373 g/mol. The van der Waals surface area contributed by atoms with Gasteiger partial charge >= 0.3 is 6.09 Å². The van der Waals surface area contributed by atoms with Gasteiger partial charge in [0.15, 0.2) is 5.69 Å². The molecule has 1 aliphatic rings. The highest BCUT2D eigenvalue weighted by Crippen LogP contribution is 2.28. The van der Waals surface area contributed by atoms with Crippen molar-refractivity contribution >= 4 is 23.6 Å². The summed E-state index contributed by atoms with van der Waals surface area (Å²) in [5, 5.41) is 18.5. The molecule has 3 N–H and O–H groups in total. The van der Waals surface area contributed by atoms with Crippen molar-refractivity contribution in [3.8, 4) is 11.3 Å². The molecule has 0 aliphatic carbocycles. The zero-order valence-electron chi connectivity index (χ0n) is 14.7. The topological polar surface area (TPSA) is 134 Å². The minimum Gasteiger partial charge on any atom is -0.442 e. The molecule has 3 rings (SSSR count). The molecule has 1 aromatic heterocycles. The number of nitrogens with one attached hydrogen (secondary N) is 2. The SMILES string of the molecule is CC(=O)NC[C@H]1CN(c2ccc(-c3ccc(C(=O)NO)nn3)c(F)c2)C(=O)O1. The molecule has 2 aromatic rings. The molecule has 0 unspecified atom stereocenters. The highest BCUT2D eigenvalue weighted by Gasteiger charge is 2.32. The van der Waals surface area contributed by atoms with Crippen LogP contribution in [0, 0.1) is 5.82 Å². The van der Waals surface area contributed by atoms with Crippen LogP contribution in [-0.2, 0) is 9.53 Å². The third-order valence-corrected chi connectivity index (χ3v) is 3.99. The molecule has 0 spiro atoms. The van der Waals surface area contributed by atoms with E-state index < -0.39 is 23.9 Å². The fourth-order valence-corrected chi connectivity index (χ4v) is 2.63. The number of rotatable bonds is 5. The van der Waals surface area contributed by atoms with E-state index >= 15 is 0 Å². The molecule has 11 heteroatoms. The molecule has 10 nitrogen and oxygen atoms in total. The summed E-state index contributed by atoms with van der Waals surface area (Å²) in [5.74, 6) is -1.73. The van der Waals surface area contributed by atoms with Crippen LogP contribution in [-0.4, -0.2) is 52.5 Å². The largest absolute Gasteiger partial charge is 0.442 e. The normalized spacial score (nSPS) is 15.9. The van der Waals surface area contributed by atoms with Crippen molar-refractivity contribution in [2.45, 2.75) is 13.0 Å². The first-order valence-electron chi connectivity index (χ1n) is 8.19. The van der Waals surface area contributed by atoms with Gasteiger partial charge in [-0.3, -0.25) is 19.7 Å². The molecule has 146 valence electrons. The number of aromatic nitrogens is 2. The highest BCUT2D eigenvalue weighted by molar-refractivity contribution is 5.91. The number of hydroxylamine groups is 1. The smallest absolute Gasteiger partial charge is 0.414 e. The summed E-state index contributed by atoms with van der Waals surface area (Å²) >= 11 is 0. The Labute approximate surface area is 158 Å². The van der Waals surface area contributed by atoms with E-state index in [4.69, 9.17) is 9.94 Å². The predicted molar refractivity (Wildman–Crippen MR) is 93.0 cm³/mol. The standard InChI is InChI=1S/C17H16FN5O5/c1-9(24)19-7-11-8-23(17(26)28-11)10-2-3-12(13(18)6-10)14-4-5-15(21-20-14)16(25)22-27/h2-6,11,27H,7-8H2,1H3,(H,19,24)(H,22,25)/t11-/m0/s1. The van der Waals surface area contributed by atoms with Crippen LogP contribution in [0.2, 0.25) is 0 Å². The Morgan fingerprint density at radius 1 is 1.32 bits per heavy atom. The van der Waals surface area contributed by atoms with Crippen molar-refractivity contribution in [2.24, 2.45) is 0 Å². The Morgan fingerprint density at radius 3 is 2.71 bits per heavy atom. The number of carbonyl (C=O) groups is 3. The van der Waals surface area contributed by atoms with Crippen LogP contribution in [0.15, 0.2) is 30.3 Å². The Bertz CT molecular complexity index is 921. The quantitative estimate of drug-likeness (QED) is 0.510. The lowest BCUT2D eigenvalue weighted by molar-refractivity contribution is -0.119. The average Bonchev–Trinajstić information content (AvgIpc) is 3.06. The van der Waals surface area contributed by atoms with Crippen molar-refractivity contribution in [3.05, 3.63) is 41.8 Å². The second-order valence-corrected chi connectivity index (χ2v) is 5.96. The number of carbonyl (C=O) groups excluding carboxylic acids is 3. The molecule has 0 bridgehead atoms. The zero-order valence-corrected chi connectivity index (χ0v) is 14.7. The molecule has 1 atom stereocenters. The highest BCUT2D eigenvalue weighted by atomic mass is 19.1. The summed E-state index contributed by atoms with van der Waals surface area (Å²) in [5.41, 5.74) is 1.88. The number of ether oxygens (including phenoxy) is 1. The molecule has 0 saturated carbocycles. The van der Waals surface area contributed by atoms with Gasteiger partial charge in [0.1, 0.15) is 11.9 Å². The Morgan fingerprint density at radius 2 is 2.11 bits per heavy atom. The first-order chi connectivity index (χ1) is 13.4. The van der Waals surface area contributed by atoms with Crippen LogP contribution < -0.4 is 15.7 Å². The van der Waals surface area contributed by atoms with Crippen LogP contribution in [0.5, 0.6) is 0 Å². The molecule has 1 fully saturated rings. The third-order valence-electron chi connectivity index (χ3n) is 3.99. The second kappa shape index (κ2) is 7.96. The van der Waals surface area contributed by atoms with Crippen LogP contribution in [0.4, 0.5) is 14.9 Å². The fraction of sp³-hybridized carbons (Fsp3) is 0.235.